The number of thiocarbonyl (C=S) groups is 1. The first-order valence-corrected chi connectivity index (χ1v) is 6.73. The quantitative estimate of drug-likeness (QED) is 0.748. The summed E-state index contributed by atoms with van der Waals surface area (Å²) < 4.78 is 5.45. The normalized spacial score (nSPS) is 11.7. The van der Waals surface area contributed by atoms with Gasteiger partial charge >= 0.3 is 0 Å². The number of hydrogen-bond donors (Lipinski definition) is 2. The van der Waals surface area contributed by atoms with Crippen LogP contribution in [-0.2, 0) is 4.79 Å². The van der Waals surface area contributed by atoms with E-state index < -0.39 is 0 Å². The standard InChI is InChI=1S/C14H20N2O2S/c1-3-10(2)8-16-13(17)9-18-12-7-5-4-6-11(12)14(15)19/h4-7,10H,3,8-9H2,1-2H3,(H2,15,19)(H,16,17). The monoisotopic (exact) mass is 280 g/mol. The first-order chi connectivity index (χ1) is 9.04. The molecule has 1 unspecified atom stereocenters. The number of ether oxygens (including phenoxy) is 1. The highest BCUT2D eigenvalue weighted by Gasteiger charge is 2.08. The third kappa shape index (κ3) is 5.26. The molecule has 0 aliphatic rings. The van der Waals surface area contributed by atoms with Crippen LogP contribution in [-0.4, -0.2) is 24.0 Å². The van der Waals surface area contributed by atoms with Crippen molar-refractivity contribution in [2.24, 2.45) is 11.7 Å². The number of rotatable bonds is 7. The summed E-state index contributed by atoms with van der Waals surface area (Å²) in [6, 6.07) is 7.16. The molecular formula is C14H20N2O2S. The Morgan fingerprint density at radius 3 is 2.79 bits per heavy atom. The molecule has 0 aliphatic carbocycles. The Kier molecular flexibility index (Phi) is 6.29. The van der Waals surface area contributed by atoms with E-state index in [1.165, 1.54) is 0 Å². The molecule has 0 spiro atoms. The van der Waals surface area contributed by atoms with Gasteiger partial charge < -0.3 is 15.8 Å². The minimum absolute atomic E-state index is 0.0317. The van der Waals surface area contributed by atoms with Gasteiger partial charge in [0, 0.05) is 6.54 Å². The lowest BCUT2D eigenvalue weighted by Crippen LogP contribution is -2.32. The van der Waals surface area contributed by atoms with Gasteiger partial charge in [0.2, 0.25) is 0 Å². The second kappa shape index (κ2) is 7.74. The first-order valence-electron chi connectivity index (χ1n) is 6.33. The molecule has 0 saturated carbocycles. The van der Waals surface area contributed by atoms with Crippen molar-refractivity contribution in [3.8, 4) is 5.75 Å². The molecule has 0 fully saturated rings. The average Bonchev–Trinajstić information content (AvgIpc) is 2.42. The van der Waals surface area contributed by atoms with Gasteiger partial charge in [-0.05, 0) is 18.1 Å². The molecule has 4 nitrogen and oxygen atoms in total. The summed E-state index contributed by atoms with van der Waals surface area (Å²) in [6.07, 6.45) is 1.03. The lowest BCUT2D eigenvalue weighted by molar-refractivity contribution is -0.123. The van der Waals surface area contributed by atoms with Crippen LogP contribution in [0.3, 0.4) is 0 Å². The van der Waals surface area contributed by atoms with Crippen LogP contribution < -0.4 is 15.8 Å². The molecule has 1 rings (SSSR count). The molecule has 1 aromatic rings. The molecule has 0 saturated heterocycles. The molecule has 104 valence electrons. The smallest absolute Gasteiger partial charge is 0.257 e. The Bertz CT molecular complexity index is 449. The fraction of sp³-hybridized carbons (Fsp3) is 0.429. The van der Waals surface area contributed by atoms with Gasteiger partial charge in [-0.3, -0.25) is 4.79 Å². The second-order valence-corrected chi connectivity index (χ2v) is 4.91. The highest BCUT2D eigenvalue weighted by molar-refractivity contribution is 7.80. The summed E-state index contributed by atoms with van der Waals surface area (Å²) in [5.74, 6) is 0.861. The van der Waals surface area contributed by atoms with Gasteiger partial charge in [0.15, 0.2) is 6.61 Å². The molecule has 1 aromatic carbocycles. The van der Waals surface area contributed by atoms with E-state index in [0.29, 0.717) is 23.8 Å². The maximum Gasteiger partial charge on any atom is 0.257 e. The van der Waals surface area contributed by atoms with E-state index in [9.17, 15) is 4.79 Å². The molecule has 5 heteroatoms. The van der Waals surface area contributed by atoms with Crippen LogP contribution in [0.25, 0.3) is 0 Å². The van der Waals surface area contributed by atoms with Gasteiger partial charge in [0.25, 0.3) is 5.91 Å². The molecule has 0 radical (unpaired) electrons. The van der Waals surface area contributed by atoms with Gasteiger partial charge in [-0.2, -0.15) is 0 Å². The summed E-state index contributed by atoms with van der Waals surface area (Å²) in [7, 11) is 0. The van der Waals surface area contributed by atoms with E-state index in [1.807, 2.05) is 12.1 Å². The molecule has 0 aliphatic heterocycles. The molecule has 0 bridgehead atoms. The van der Waals surface area contributed by atoms with Crippen LogP contribution in [0.5, 0.6) is 5.75 Å². The minimum atomic E-state index is -0.141. The molecule has 19 heavy (non-hydrogen) atoms. The van der Waals surface area contributed by atoms with Gasteiger partial charge in [-0.15, -0.1) is 0 Å². The number of carbonyl (C=O) groups excluding carboxylic acids is 1. The van der Waals surface area contributed by atoms with Crippen molar-refractivity contribution < 1.29 is 9.53 Å². The maximum atomic E-state index is 11.6. The van der Waals surface area contributed by atoms with E-state index in [0.717, 1.165) is 6.42 Å². The van der Waals surface area contributed by atoms with E-state index >= 15 is 0 Å². The number of benzene rings is 1. The Morgan fingerprint density at radius 2 is 2.16 bits per heavy atom. The zero-order valence-corrected chi connectivity index (χ0v) is 12.1. The number of nitrogens with two attached hydrogens (primary N) is 1. The zero-order chi connectivity index (χ0) is 14.3. The van der Waals surface area contributed by atoms with Crippen LogP contribution in [0, 0.1) is 5.92 Å². The van der Waals surface area contributed by atoms with Gasteiger partial charge in [0.05, 0.1) is 5.56 Å². The van der Waals surface area contributed by atoms with Crippen LogP contribution >= 0.6 is 12.2 Å². The second-order valence-electron chi connectivity index (χ2n) is 4.47. The van der Waals surface area contributed by atoms with Crippen molar-refractivity contribution >= 4 is 23.1 Å². The lowest BCUT2D eigenvalue weighted by atomic mass is 10.1. The van der Waals surface area contributed by atoms with Gasteiger partial charge in [0.1, 0.15) is 10.7 Å². The Morgan fingerprint density at radius 1 is 1.47 bits per heavy atom. The van der Waals surface area contributed by atoms with Crippen LogP contribution in [0.1, 0.15) is 25.8 Å². The largest absolute Gasteiger partial charge is 0.483 e. The van der Waals surface area contributed by atoms with E-state index in [-0.39, 0.29) is 17.5 Å². The summed E-state index contributed by atoms with van der Waals surface area (Å²) in [5.41, 5.74) is 6.23. The maximum absolute atomic E-state index is 11.6. The summed E-state index contributed by atoms with van der Waals surface area (Å²) in [6.45, 7) is 4.81. The van der Waals surface area contributed by atoms with Crippen molar-refractivity contribution in [2.45, 2.75) is 20.3 Å². The Labute approximate surface area is 119 Å². The zero-order valence-electron chi connectivity index (χ0n) is 11.3. The molecule has 1 amide bonds. The number of para-hydroxylation sites is 1. The number of hydrogen-bond acceptors (Lipinski definition) is 3. The van der Waals surface area contributed by atoms with Crippen molar-refractivity contribution in [1.82, 2.24) is 5.32 Å². The molecule has 0 heterocycles. The Hall–Kier alpha value is -1.62. The minimum Gasteiger partial charge on any atom is -0.483 e. The van der Waals surface area contributed by atoms with Crippen molar-refractivity contribution in [3.05, 3.63) is 29.8 Å². The van der Waals surface area contributed by atoms with Crippen molar-refractivity contribution in [2.75, 3.05) is 13.2 Å². The fourth-order valence-electron chi connectivity index (χ4n) is 1.42. The molecule has 1 atom stereocenters. The number of amides is 1. The average molecular weight is 280 g/mol. The Balaban J connectivity index is 2.48. The van der Waals surface area contributed by atoms with E-state index in [4.69, 9.17) is 22.7 Å². The van der Waals surface area contributed by atoms with Crippen LogP contribution in [0.4, 0.5) is 0 Å². The molecule has 3 N–H and O–H groups in total. The lowest BCUT2D eigenvalue weighted by Gasteiger charge is -2.12. The summed E-state index contributed by atoms with van der Waals surface area (Å²) in [4.78, 5) is 11.9. The highest BCUT2D eigenvalue weighted by atomic mass is 32.1. The van der Waals surface area contributed by atoms with Crippen LogP contribution in [0.15, 0.2) is 24.3 Å². The fourth-order valence-corrected chi connectivity index (χ4v) is 1.59. The highest BCUT2D eigenvalue weighted by Crippen LogP contribution is 2.17. The van der Waals surface area contributed by atoms with Crippen molar-refractivity contribution in [1.29, 1.82) is 0 Å². The van der Waals surface area contributed by atoms with Gasteiger partial charge in [-0.25, -0.2) is 0 Å². The predicted octanol–water partition coefficient (Wildman–Crippen LogP) is 1.86. The number of nitrogens with one attached hydrogen (secondary N) is 1. The topological polar surface area (TPSA) is 64.3 Å². The van der Waals surface area contributed by atoms with Gasteiger partial charge in [-0.1, -0.05) is 44.6 Å². The van der Waals surface area contributed by atoms with E-state index in [2.05, 4.69) is 19.2 Å². The summed E-state index contributed by atoms with van der Waals surface area (Å²) in [5, 5.41) is 2.82. The van der Waals surface area contributed by atoms with Crippen LogP contribution in [0.2, 0.25) is 0 Å². The molecule has 0 aromatic heterocycles. The third-order valence-corrected chi connectivity index (χ3v) is 3.08. The predicted molar refractivity (Wildman–Crippen MR) is 80.3 cm³/mol. The SMILES string of the molecule is CCC(C)CNC(=O)COc1ccccc1C(N)=S. The van der Waals surface area contributed by atoms with E-state index in [1.54, 1.807) is 12.1 Å². The first kappa shape index (κ1) is 15.4. The van der Waals surface area contributed by atoms with Crippen molar-refractivity contribution in [3.63, 3.8) is 0 Å². The third-order valence-electron chi connectivity index (χ3n) is 2.86. The molecular weight excluding hydrogens is 260 g/mol. The number of carbonyl (C=O) groups is 1. The summed E-state index contributed by atoms with van der Waals surface area (Å²) >= 11 is 4.93.